The van der Waals surface area contributed by atoms with E-state index in [0.29, 0.717) is 17.9 Å². The Morgan fingerprint density at radius 1 is 1.38 bits per heavy atom. The van der Waals surface area contributed by atoms with Gasteiger partial charge in [0.2, 0.25) is 0 Å². The molecule has 0 bridgehead atoms. The minimum absolute atomic E-state index is 0.0152. The zero-order chi connectivity index (χ0) is 14.8. The van der Waals surface area contributed by atoms with Crippen molar-refractivity contribution in [3.05, 3.63) is 24.3 Å². The molecule has 2 aliphatic heterocycles. The summed E-state index contributed by atoms with van der Waals surface area (Å²) in [5, 5.41) is 6.44. The number of carbonyl (C=O) groups excluding carboxylic acids is 1. The van der Waals surface area contributed by atoms with E-state index in [1.54, 1.807) is 7.11 Å². The molecule has 2 saturated heterocycles. The maximum Gasteiger partial charge on any atom is 0.322 e. The normalized spacial score (nSPS) is 27.5. The molecule has 2 amide bonds. The van der Waals surface area contributed by atoms with E-state index in [0.717, 1.165) is 37.5 Å². The lowest BCUT2D eigenvalue weighted by Crippen LogP contribution is -2.42. The van der Waals surface area contributed by atoms with Crippen LogP contribution in [0.15, 0.2) is 24.3 Å². The first-order chi connectivity index (χ1) is 10.2. The summed E-state index contributed by atoms with van der Waals surface area (Å²) in [5.41, 5.74) is 0.811. The molecule has 2 aliphatic rings. The lowest BCUT2D eigenvalue weighted by molar-refractivity contribution is 0.196. The van der Waals surface area contributed by atoms with Crippen molar-refractivity contribution >= 4 is 11.7 Å². The van der Waals surface area contributed by atoms with Gasteiger partial charge in [0, 0.05) is 31.4 Å². The second-order valence-electron chi connectivity index (χ2n) is 5.87. The van der Waals surface area contributed by atoms with E-state index in [1.165, 1.54) is 0 Å². The van der Waals surface area contributed by atoms with Gasteiger partial charge >= 0.3 is 6.03 Å². The SMILES string of the molecule is CCC1C2CNCC2CN1C(=O)Nc1ccc(OC)cc1. The number of hydrogen-bond donors (Lipinski definition) is 2. The summed E-state index contributed by atoms with van der Waals surface area (Å²) < 4.78 is 5.13. The highest BCUT2D eigenvalue weighted by Crippen LogP contribution is 2.34. The van der Waals surface area contributed by atoms with Gasteiger partial charge in [0.05, 0.1) is 7.11 Å². The van der Waals surface area contributed by atoms with Crippen LogP contribution >= 0.6 is 0 Å². The molecule has 2 fully saturated rings. The van der Waals surface area contributed by atoms with E-state index in [9.17, 15) is 4.79 Å². The highest BCUT2D eigenvalue weighted by atomic mass is 16.5. The van der Waals surface area contributed by atoms with Gasteiger partial charge in [-0.05, 0) is 42.5 Å². The van der Waals surface area contributed by atoms with Gasteiger partial charge in [-0.2, -0.15) is 0 Å². The Kier molecular flexibility index (Phi) is 4.01. The number of nitrogens with one attached hydrogen (secondary N) is 2. The molecule has 0 saturated carbocycles. The Morgan fingerprint density at radius 2 is 2.14 bits per heavy atom. The van der Waals surface area contributed by atoms with Crippen LogP contribution in [-0.2, 0) is 0 Å². The van der Waals surface area contributed by atoms with Gasteiger partial charge < -0.3 is 20.3 Å². The fourth-order valence-electron chi connectivity index (χ4n) is 3.65. The summed E-state index contributed by atoms with van der Waals surface area (Å²) in [6, 6.07) is 7.82. The molecule has 0 spiro atoms. The summed E-state index contributed by atoms with van der Waals surface area (Å²) in [4.78, 5) is 14.5. The Morgan fingerprint density at radius 3 is 2.81 bits per heavy atom. The summed E-state index contributed by atoms with van der Waals surface area (Å²) in [6.07, 6.45) is 1.01. The van der Waals surface area contributed by atoms with Gasteiger partial charge in [0.15, 0.2) is 0 Å². The van der Waals surface area contributed by atoms with Crippen molar-refractivity contribution in [1.29, 1.82) is 0 Å². The highest BCUT2D eigenvalue weighted by Gasteiger charge is 2.45. The second kappa shape index (κ2) is 5.93. The van der Waals surface area contributed by atoms with E-state index in [4.69, 9.17) is 4.74 Å². The van der Waals surface area contributed by atoms with E-state index in [-0.39, 0.29) is 6.03 Å². The Bertz CT molecular complexity index is 503. The van der Waals surface area contributed by atoms with Crippen LogP contribution in [0.3, 0.4) is 0 Å². The average molecular weight is 289 g/mol. The van der Waals surface area contributed by atoms with E-state index in [1.807, 2.05) is 29.2 Å². The van der Waals surface area contributed by atoms with Crippen molar-refractivity contribution in [3.8, 4) is 5.75 Å². The van der Waals surface area contributed by atoms with Crippen LogP contribution in [0.1, 0.15) is 13.3 Å². The fraction of sp³-hybridized carbons (Fsp3) is 0.562. The zero-order valence-corrected chi connectivity index (χ0v) is 12.6. The summed E-state index contributed by atoms with van der Waals surface area (Å²) in [7, 11) is 1.64. The third kappa shape index (κ3) is 2.70. The summed E-state index contributed by atoms with van der Waals surface area (Å²) >= 11 is 0. The smallest absolute Gasteiger partial charge is 0.322 e. The van der Waals surface area contributed by atoms with Gasteiger partial charge in [-0.25, -0.2) is 4.79 Å². The summed E-state index contributed by atoms with van der Waals surface area (Å²) in [6.45, 7) is 5.10. The number of fused-ring (bicyclic) bond motifs is 1. The number of methoxy groups -OCH3 is 1. The molecule has 2 heterocycles. The maximum atomic E-state index is 12.5. The van der Waals surface area contributed by atoms with Gasteiger partial charge in [0.1, 0.15) is 5.75 Å². The minimum Gasteiger partial charge on any atom is -0.497 e. The van der Waals surface area contributed by atoms with Gasteiger partial charge in [0.25, 0.3) is 0 Å². The number of hydrogen-bond acceptors (Lipinski definition) is 3. The highest BCUT2D eigenvalue weighted by molar-refractivity contribution is 5.89. The average Bonchev–Trinajstić information content (AvgIpc) is 3.08. The molecule has 5 heteroatoms. The van der Waals surface area contributed by atoms with E-state index >= 15 is 0 Å². The molecule has 114 valence electrons. The van der Waals surface area contributed by atoms with Gasteiger partial charge in [-0.1, -0.05) is 6.92 Å². The van der Waals surface area contributed by atoms with Gasteiger partial charge in [-0.15, -0.1) is 0 Å². The predicted octanol–water partition coefficient (Wildman–Crippen LogP) is 2.16. The van der Waals surface area contributed by atoms with Crippen molar-refractivity contribution in [3.63, 3.8) is 0 Å². The number of amides is 2. The first-order valence-corrected chi connectivity index (χ1v) is 7.65. The molecule has 1 aromatic rings. The number of rotatable bonds is 3. The molecule has 0 radical (unpaired) electrons. The van der Waals surface area contributed by atoms with Crippen molar-refractivity contribution in [1.82, 2.24) is 10.2 Å². The largest absolute Gasteiger partial charge is 0.497 e. The molecule has 0 aromatic heterocycles. The molecular weight excluding hydrogens is 266 g/mol. The van der Waals surface area contributed by atoms with Crippen molar-refractivity contribution in [2.24, 2.45) is 11.8 Å². The quantitative estimate of drug-likeness (QED) is 0.896. The van der Waals surface area contributed by atoms with Crippen LogP contribution in [0.4, 0.5) is 10.5 Å². The van der Waals surface area contributed by atoms with Crippen LogP contribution in [0, 0.1) is 11.8 Å². The lowest BCUT2D eigenvalue weighted by Gasteiger charge is -2.27. The molecule has 2 N–H and O–H groups in total. The summed E-state index contributed by atoms with van der Waals surface area (Å²) in [5.74, 6) is 2.01. The number of carbonyl (C=O) groups is 1. The van der Waals surface area contributed by atoms with E-state index < -0.39 is 0 Å². The number of benzene rings is 1. The van der Waals surface area contributed by atoms with Crippen molar-refractivity contribution < 1.29 is 9.53 Å². The number of nitrogens with zero attached hydrogens (tertiary/aromatic N) is 1. The molecule has 3 unspecified atom stereocenters. The minimum atomic E-state index is 0.0152. The molecule has 3 rings (SSSR count). The molecule has 5 nitrogen and oxygen atoms in total. The maximum absolute atomic E-state index is 12.5. The molecular formula is C16H23N3O2. The Hall–Kier alpha value is -1.75. The fourth-order valence-corrected chi connectivity index (χ4v) is 3.65. The predicted molar refractivity (Wildman–Crippen MR) is 82.6 cm³/mol. The Labute approximate surface area is 125 Å². The third-order valence-corrected chi connectivity index (χ3v) is 4.74. The molecule has 1 aromatic carbocycles. The number of urea groups is 1. The Balaban J connectivity index is 1.67. The zero-order valence-electron chi connectivity index (χ0n) is 12.6. The second-order valence-corrected chi connectivity index (χ2v) is 5.87. The topological polar surface area (TPSA) is 53.6 Å². The number of ether oxygens (including phenoxy) is 1. The van der Waals surface area contributed by atoms with Crippen LogP contribution in [0.25, 0.3) is 0 Å². The van der Waals surface area contributed by atoms with Crippen LogP contribution in [0.2, 0.25) is 0 Å². The first-order valence-electron chi connectivity index (χ1n) is 7.65. The van der Waals surface area contributed by atoms with Crippen LogP contribution in [0.5, 0.6) is 5.75 Å². The number of anilines is 1. The number of likely N-dealkylation sites (tertiary alicyclic amines) is 1. The molecule has 21 heavy (non-hydrogen) atoms. The molecule has 0 aliphatic carbocycles. The van der Waals surface area contributed by atoms with Crippen LogP contribution in [-0.4, -0.2) is 43.7 Å². The van der Waals surface area contributed by atoms with E-state index in [2.05, 4.69) is 17.6 Å². The van der Waals surface area contributed by atoms with Crippen molar-refractivity contribution in [2.45, 2.75) is 19.4 Å². The van der Waals surface area contributed by atoms with Crippen molar-refractivity contribution in [2.75, 3.05) is 32.1 Å². The molecule has 3 atom stereocenters. The van der Waals surface area contributed by atoms with Crippen LogP contribution < -0.4 is 15.4 Å². The standard InChI is InChI=1S/C16H23N3O2/c1-3-15-14-9-17-8-11(14)10-19(15)16(20)18-12-4-6-13(21-2)7-5-12/h4-7,11,14-15,17H,3,8-10H2,1-2H3,(H,18,20). The first kappa shape index (κ1) is 14.2. The third-order valence-electron chi connectivity index (χ3n) is 4.74. The monoisotopic (exact) mass is 289 g/mol. The van der Waals surface area contributed by atoms with Gasteiger partial charge in [-0.3, -0.25) is 0 Å². The lowest BCUT2D eigenvalue weighted by atomic mass is 9.93.